The molecule has 0 bridgehead atoms. The topological polar surface area (TPSA) is 50.5 Å². The van der Waals surface area contributed by atoms with E-state index in [4.69, 9.17) is 0 Å². The molecular formula is C24H28N4O2. The summed E-state index contributed by atoms with van der Waals surface area (Å²) in [7, 11) is 3.24. The second-order valence-electron chi connectivity index (χ2n) is 7.91. The van der Waals surface area contributed by atoms with Crippen LogP contribution in [0.25, 0.3) is 0 Å². The van der Waals surface area contributed by atoms with Gasteiger partial charge in [0.2, 0.25) is 0 Å². The fourth-order valence-electron chi connectivity index (χ4n) is 4.22. The van der Waals surface area contributed by atoms with Gasteiger partial charge in [-0.15, -0.1) is 0 Å². The van der Waals surface area contributed by atoms with Crippen molar-refractivity contribution >= 4 is 0 Å². The van der Waals surface area contributed by atoms with Gasteiger partial charge in [-0.2, -0.15) is 0 Å². The summed E-state index contributed by atoms with van der Waals surface area (Å²) in [6.45, 7) is 4.23. The predicted molar refractivity (Wildman–Crippen MR) is 119 cm³/mol. The maximum absolute atomic E-state index is 12.2. The van der Waals surface area contributed by atoms with E-state index in [1.165, 1.54) is 18.2 Å². The van der Waals surface area contributed by atoms with Crippen molar-refractivity contribution in [2.24, 2.45) is 14.1 Å². The lowest BCUT2D eigenvalue weighted by molar-refractivity contribution is 0.103. The number of benzene rings is 2. The molecule has 30 heavy (non-hydrogen) atoms. The van der Waals surface area contributed by atoms with Gasteiger partial charge in [0.15, 0.2) is 0 Å². The number of hydrogen-bond acceptors (Lipinski definition) is 4. The normalized spacial score (nSPS) is 15.6. The van der Waals surface area contributed by atoms with Crippen LogP contribution in [0.5, 0.6) is 0 Å². The van der Waals surface area contributed by atoms with E-state index in [-0.39, 0.29) is 17.3 Å². The van der Waals surface area contributed by atoms with E-state index in [9.17, 15) is 9.59 Å². The van der Waals surface area contributed by atoms with Crippen LogP contribution >= 0.6 is 0 Å². The molecule has 0 spiro atoms. The summed E-state index contributed by atoms with van der Waals surface area (Å²) in [6.07, 6.45) is 0. The van der Waals surface area contributed by atoms with Crippen molar-refractivity contribution in [3.63, 3.8) is 0 Å². The minimum absolute atomic E-state index is 0.225. The molecule has 3 aromatic rings. The largest absolute Gasteiger partial charge is 0.330 e. The Morgan fingerprint density at radius 3 is 1.83 bits per heavy atom. The zero-order chi connectivity index (χ0) is 21.1. The Hall–Kier alpha value is -2.96. The monoisotopic (exact) mass is 404 g/mol. The Kier molecular flexibility index (Phi) is 5.97. The van der Waals surface area contributed by atoms with Gasteiger partial charge in [-0.3, -0.25) is 23.7 Å². The number of nitrogens with zero attached hydrogens (tertiary/aromatic N) is 4. The molecule has 0 atom stereocenters. The van der Waals surface area contributed by atoms with Crippen LogP contribution in [-0.2, 0) is 20.6 Å². The number of piperazine rings is 1. The van der Waals surface area contributed by atoms with Crippen LogP contribution in [0.2, 0.25) is 0 Å². The number of rotatable bonds is 5. The molecule has 0 radical (unpaired) electrons. The van der Waals surface area contributed by atoms with Gasteiger partial charge >= 0.3 is 5.69 Å². The molecule has 156 valence electrons. The van der Waals surface area contributed by atoms with Crippen molar-refractivity contribution in [2.45, 2.75) is 12.6 Å². The van der Waals surface area contributed by atoms with Gasteiger partial charge in [0, 0.05) is 58.6 Å². The Morgan fingerprint density at radius 2 is 1.30 bits per heavy atom. The third-order valence-electron chi connectivity index (χ3n) is 6.01. The summed E-state index contributed by atoms with van der Waals surface area (Å²) in [5.74, 6) is 0. The van der Waals surface area contributed by atoms with Gasteiger partial charge in [0.1, 0.15) is 0 Å². The average Bonchev–Trinajstić information content (AvgIpc) is 2.79. The van der Waals surface area contributed by atoms with Gasteiger partial charge in [-0.05, 0) is 11.1 Å². The minimum atomic E-state index is -0.274. The van der Waals surface area contributed by atoms with E-state index in [2.05, 4.69) is 70.5 Å². The van der Waals surface area contributed by atoms with Crippen LogP contribution in [0.15, 0.2) is 76.3 Å². The van der Waals surface area contributed by atoms with Crippen molar-refractivity contribution < 1.29 is 0 Å². The van der Waals surface area contributed by atoms with Crippen molar-refractivity contribution in [3.8, 4) is 0 Å². The molecule has 1 aliphatic heterocycles. The summed E-state index contributed by atoms with van der Waals surface area (Å²) in [4.78, 5) is 29.1. The smallest absolute Gasteiger partial charge is 0.299 e. The van der Waals surface area contributed by atoms with Crippen molar-refractivity contribution in [1.82, 2.24) is 18.9 Å². The first kappa shape index (κ1) is 20.3. The fraction of sp³-hybridized carbons (Fsp3) is 0.333. The second kappa shape index (κ2) is 8.81. The molecular weight excluding hydrogens is 376 g/mol. The Balaban J connectivity index is 1.51. The van der Waals surface area contributed by atoms with Crippen LogP contribution in [0.3, 0.4) is 0 Å². The zero-order valence-corrected chi connectivity index (χ0v) is 17.6. The molecule has 1 fully saturated rings. The van der Waals surface area contributed by atoms with E-state index in [1.807, 2.05) is 0 Å². The summed E-state index contributed by atoms with van der Waals surface area (Å²) in [5.41, 5.74) is 2.83. The average molecular weight is 405 g/mol. The highest BCUT2D eigenvalue weighted by Crippen LogP contribution is 2.29. The second-order valence-corrected chi connectivity index (χ2v) is 7.91. The molecule has 1 saturated heterocycles. The first-order valence-corrected chi connectivity index (χ1v) is 10.4. The molecule has 6 nitrogen and oxygen atoms in total. The molecule has 0 N–H and O–H groups in total. The molecule has 6 heteroatoms. The van der Waals surface area contributed by atoms with Crippen LogP contribution in [0.1, 0.15) is 22.9 Å². The maximum atomic E-state index is 12.2. The first-order chi connectivity index (χ1) is 14.5. The molecule has 0 unspecified atom stereocenters. The van der Waals surface area contributed by atoms with E-state index >= 15 is 0 Å². The SMILES string of the molecule is Cn1c(CN2CCN(C(c3ccccc3)c3ccccc3)CC2)cc(=O)n(C)c1=O. The van der Waals surface area contributed by atoms with Gasteiger partial charge in [0.25, 0.3) is 5.56 Å². The maximum Gasteiger partial charge on any atom is 0.330 e. The van der Waals surface area contributed by atoms with Crippen molar-refractivity contribution in [2.75, 3.05) is 26.2 Å². The van der Waals surface area contributed by atoms with Crippen LogP contribution < -0.4 is 11.2 Å². The summed E-state index contributed by atoms with van der Waals surface area (Å²) in [6, 6.07) is 23.1. The fourth-order valence-corrected chi connectivity index (χ4v) is 4.22. The summed E-state index contributed by atoms with van der Waals surface area (Å²) >= 11 is 0. The Labute approximate surface area is 176 Å². The third-order valence-corrected chi connectivity index (χ3v) is 6.01. The standard InChI is InChI=1S/C24H28N4O2/c1-25-21(17-22(29)26(2)24(25)30)18-27-13-15-28(16-14-27)23(19-9-5-3-6-10-19)20-11-7-4-8-12-20/h3-12,17,23H,13-16,18H2,1-2H3. The predicted octanol–water partition coefficient (Wildman–Crippen LogP) is 1.99. The highest BCUT2D eigenvalue weighted by molar-refractivity contribution is 5.32. The van der Waals surface area contributed by atoms with E-state index in [0.29, 0.717) is 6.54 Å². The highest BCUT2D eigenvalue weighted by Gasteiger charge is 2.26. The highest BCUT2D eigenvalue weighted by atomic mass is 16.2. The Morgan fingerprint density at radius 1 is 0.767 bits per heavy atom. The lowest BCUT2D eigenvalue weighted by atomic mass is 9.96. The third kappa shape index (κ3) is 4.15. The number of aromatic nitrogens is 2. The molecule has 2 heterocycles. The molecule has 4 rings (SSSR count). The molecule has 1 aliphatic rings. The van der Waals surface area contributed by atoms with Crippen LogP contribution in [-0.4, -0.2) is 45.1 Å². The Bertz CT molecular complexity index is 1060. The van der Waals surface area contributed by atoms with Crippen molar-refractivity contribution in [1.29, 1.82) is 0 Å². The lowest BCUT2D eigenvalue weighted by Crippen LogP contribution is -2.48. The summed E-state index contributed by atoms with van der Waals surface area (Å²) in [5, 5.41) is 0. The number of hydrogen-bond donors (Lipinski definition) is 0. The molecule has 2 aromatic carbocycles. The summed E-state index contributed by atoms with van der Waals surface area (Å²) < 4.78 is 2.72. The molecule has 0 aliphatic carbocycles. The van der Waals surface area contributed by atoms with Gasteiger partial charge in [0.05, 0.1) is 6.04 Å². The zero-order valence-electron chi connectivity index (χ0n) is 17.6. The van der Waals surface area contributed by atoms with E-state index in [1.54, 1.807) is 17.7 Å². The van der Waals surface area contributed by atoms with E-state index in [0.717, 1.165) is 36.4 Å². The minimum Gasteiger partial charge on any atom is -0.299 e. The quantitative estimate of drug-likeness (QED) is 0.653. The lowest BCUT2D eigenvalue weighted by Gasteiger charge is -2.40. The van der Waals surface area contributed by atoms with Gasteiger partial charge in [-0.25, -0.2) is 4.79 Å². The van der Waals surface area contributed by atoms with Crippen LogP contribution in [0.4, 0.5) is 0 Å². The molecule has 1 aromatic heterocycles. The molecule has 0 amide bonds. The molecule has 0 saturated carbocycles. The van der Waals surface area contributed by atoms with Gasteiger partial charge in [-0.1, -0.05) is 60.7 Å². The van der Waals surface area contributed by atoms with Crippen molar-refractivity contribution in [3.05, 3.63) is 104 Å². The first-order valence-electron chi connectivity index (χ1n) is 10.4. The van der Waals surface area contributed by atoms with E-state index < -0.39 is 0 Å². The van der Waals surface area contributed by atoms with Gasteiger partial charge < -0.3 is 0 Å². The van der Waals surface area contributed by atoms with Crippen LogP contribution in [0, 0.1) is 0 Å².